The Morgan fingerprint density at radius 1 is 1.06 bits per heavy atom. The molecule has 174 valence electrons. The Kier molecular flexibility index (Phi) is 6.10. The number of hydrogen-bond donors (Lipinski definition) is 1. The van der Waals surface area contributed by atoms with E-state index in [-0.39, 0.29) is 23.1 Å². The van der Waals surface area contributed by atoms with Crippen LogP contribution in [0.25, 0.3) is 10.2 Å². The summed E-state index contributed by atoms with van der Waals surface area (Å²) in [6.07, 6.45) is 1.11. The summed E-state index contributed by atoms with van der Waals surface area (Å²) in [7, 11) is 0. The van der Waals surface area contributed by atoms with Gasteiger partial charge in [-0.05, 0) is 42.0 Å². The van der Waals surface area contributed by atoms with Gasteiger partial charge in [-0.2, -0.15) is 0 Å². The molecular weight excluding hydrogens is 458 g/mol. The number of fused-ring (bicyclic) bond motifs is 1. The van der Waals surface area contributed by atoms with E-state index >= 15 is 0 Å². The SMILES string of the molecule is O=C(Nc1ccc(F)c(F)c1)C1CCN(c2nc3ccsc3c(=O)n2Cc2ccccc2)CC1. The predicted molar refractivity (Wildman–Crippen MR) is 129 cm³/mol. The Bertz CT molecular complexity index is 1400. The third-order valence-corrected chi connectivity index (χ3v) is 6.96. The van der Waals surface area contributed by atoms with Gasteiger partial charge in [0.05, 0.1) is 12.1 Å². The van der Waals surface area contributed by atoms with Crippen LogP contribution in [0.5, 0.6) is 0 Å². The standard InChI is InChI=1S/C25H22F2N4O2S/c26-19-7-6-18(14-20(19)27)28-23(32)17-8-11-30(12-9-17)25-29-21-10-13-34-22(21)24(33)31(25)15-16-4-2-1-3-5-16/h1-7,10,13-14,17H,8-9,11-12,15H2,(H,28,32). The molecule has 1 amide bonds. The molecule has 1 aliphatic heterocycles. The number of rotatable bonds is 5. The van der Waals surface area contributed by atoms with Crippen molar-refractivity contribution in [1.29, 1.82) is 0 Å². The Labute approximate surface area is 198 Å². The van der Waals surface area contributed by atoms with Crippen molar-refractivity contribution in [2.24, 2.45) is 5.92 Å². The van der Waals surface area contributed by atoms with Gasteiger partial charge < -0.3 is 10.2 Å². The fraction of sp³-hybridized carbons (Fsp3) is 0.240. The lowest BCUT2D eigenvalue weighted by molar-refractivity contribution is -0.120. The van der Waals surface area contributed by atoms with Crippen LogP contribution in [0.4, 0.5) is 20.4 Å². The number of amides is 1. The first-order valence-corrected chi connectivity index (χ1v) is 11.9. The fourth-order valence-electron chi connectivity index (χ4n) is 4.24. The maximum atomic E-state index is 13.5. The quantitative estimate of drug-likeness (QED) is 0.452. The minimum absolute atomic E-state index is 0.0722. The highest BCUT2D eigenvalue weighted by Gasteiger charge is 2.28. The van der Waals surface area contributed by atoms with Crippen LogP contribution in [-0.2, 0) is 11.3 Å². The van der Waals surface area contributed by atoms with Gasteiger partial charge in [0.2, 0.25) is 11.9 Å². The molecule has 0 radical (unpaired) electrons. The molecule has 4 aromatic rings. The van der Waals surface area contributed by atoms with E-state index in [1.54, 1.807) is 4.57 Å². The lowest BCUT2D eigenvalue weighted by Crippen LogP contribution is -2.41. The maximum Gasteiger partial charge on any atom is 0.273 e. The molecule has 1 N–H and O–H groups in total. The van der Waals surface area contributed by atoms with E-state index in [9.17, 15) is 18.4 Å². The molecule has 6 nitrogen and oxygen atoms in total. The zero-order valence-corrected chi connectivity index (χ0v) is 19.0. The van der Waals surface area contributed by atoms with Gasteiger partial charge >= 0.3 is 0 Å². The molecule has 0 atom stereocenters. The number of benzene rings is 2. The highest BCUT2D eigenvalue weighted by Crippen LogP contribution is 2.26. The van der Waals surface area contributed by atoms with Crippen molar-refractivity contribution in [3.8, 4) is 0 Å². The average molecular weight is 481 g/mol. The first-order chi connectivity index (χ1) is 16.5. The normalized spacial score (nSPS) is 14.5. The number of carbonyl (C=O) groups excluding carboxylic acids is 1. The number of halogens is 2. The van der Waals surface area contributed by atoms with Crippen LogP contribution in [0, 0.1) is 17.6 Å². The zero-order chi connectivity index (χ0) is 23.7. The van der Waals surface area contributed by atoms with E-state index in [0.717, 1.165) is 17.7 Å². The van der Waals surface area contributed by atoms with Crippen molar-refractivity contribution in [2.75, 3.05) is 23.3 Å². The number of aromatic nitrogens is 2. The van der Waals surface area contributed by atoms with Crippen LogP contribution in [0.3, 0.4) is 0 Å². The Hall–Kier alpha value is -3.59. The molecular formula is C25H22F2N4O2S. The van der Waals surface area contributed by atoms with Crippen molar-refractivity contribution in [3.63, 3.8) is 0 Å². The Morgan fingerprint density at radius 2 is 1.82 bits per heavy atom. The van der Waals surface area contributed by atoms with E-state index in [1.165, 1.54) is 17.4 Å². The molecule has 0 unspecified atom stereocenters. The number of carbonyl (C=O) groups is 1. The van der Waals surface area contributed by atoms with Crippen LogP contribution in [0.2, 0.25) is 0 Å². The summed E-state index contributed by atoms with van der Waals surface area (Å²) in [5, 5.41) is 4.54. The zero-order valence-electron chi connectivity index (χ0n) is 18.2. The number of piperidine rings is 1. The lowest BCUT2D eigenvalue weighted by atomic mass is 9.96. The maximum absolute atomic E-state index is 13.5. The molecule has 0 spiro atoms. The summed E-state index contributed by atoms with van der Waals surface area (Å²) >= 11 is 1.38. The summed E-state index contributed by atoms with van der Waals surface area (Å²) in [4.78, 5) is 32.8. The third-order valence-electron chi connectivity index (χ3n) is 6.06. The van der Waals surface area contributed by atoms with E-state index in [1.807, 2.05) is 46.7 Å². The van der Waals surface area contributed by atoms with Crippen molar-refractivity contribution >= 4 is 39.1 Å². The van der Waals surface area contributed by atoms with Crippen molar-refractivity contribution in [2.45, 2.75) is 19.4 Å². The van der Waals surface area contributed by atoms with Crippen LogP contribution >= 0.6 is 11.3 Å². The molecule has 34 heavy (non-hydrogen) atoms. The van der Waals surface area contributed by atoms with Gasteiger partial charge in [0.25, 0.3) is 5.56 Å². The fourth-order valence-corrected chi connectivity index (χ4v) is 5.02. The third kappa shape index (κ3) is 4.43. The molecule has 1 fully saturated rings. The average Bonchev–Trinajstić information content (AvgIpc) is 3.33. The molecule has 9 heteroatoms. The lowest BCUT2D eigenvalue weighted by Gasteiger charge is -2.33. The summed E-state index contributed by atoms with van der Waals surface area (Å²) in [5.74, 6) is -1.86. The van der Waals surface area contributed by atoms with Gasteiger partial charge in [0.15, 0.2) is 11.6 Å². The smallest absolute Gasteiger partial charge is 0.273 e. The molecule has 3 heterocycles. The van der Waals surface area contributed by atoms with E-state index in [0.29, 0.717) is 48.6 Å². The summed E-state index contributed by atoms with van der Waals surface area (Å²) in [6.45, 7) is 1.51. The van der Waals surface area contributed by atoms with Gasteiger partial charge in [0, 0.05) is 30.8 Å². The van der Waals surface area contributed by atoms with E-state index in [4.69, 9.17) is 4.98 Å². The number of thiophene rings is 1. The first kappa shape index (κ1) is 22.2. The molecule has 2 aromatic carbocycles. The van der Waals surface area contributed by atoms with Gasteiger partial charge in [-0.3, -0.25) is 14.2 Å². The monoisotopic (exact) mass is 480 g/mol. The summed E-state index contributed by atoms with van der Waals surface area (Å²) in [5.41, 5.74) is 1.83. The second-order valence-corrected chi connectivity index (χ2v) is 9.22. The van der Waals surface area contributed by atoms with Gasteiger partial charge in [-0.25, -0.2) is 13.8 Å². The highest BCUT2D eigenvalue weighted by molar-refractivity contribution is 7.17. The minimum Gasteiger partial charge on any atom is -0.342 e. The van der Waals surface area contributed by atoms with Crippen LogP contribution < -0.4 is 15.8 Å². The molecule has 1 aliphatic rings. The number of anilines is 2. The van der Waals surface area contributed by atoms with E-state index in [2.05, 4.69) is 5.32 Å². The Morgan fingerprint density at radius 3 is 2.56 bits per heavy atom. The molecule has 5 rings (SSSR count). The van der Waals surface area contributed by atoms with Crippen LogP contribution in [0.15, 0.2) is 64.8 Å². The Balaban J connectivity index is 1.35. The van der Waals surface area contributed by atoms with Crippen molar-refractivity contribution in [1.82, 2.24) is 9.55 Å². The highest BCUT2D eigenvalue weighted by atomic mass is 32.1. The summed E-state index contributed by atoms with van der Waals surface area (Å²) < 4.78 is 28.9. The number of nitrogens with one attached hydrogen (secondary N) is 1. The topological polar surface area (TPSA) is 67.2 Å². The molecule has 0 bridgehead atoms. The molecule has 1 saturated heterocycles. The second-order valence-electron chi connectivity index (χ2n) is 8.30. The summed E-state index contributed by atoms with van der Waals surface area (Å²) in [6, 6.07) is 14.9. The number of hydrogen-bond acceptors (Lipinski definition) is 5. The van der Waals surface area contributed by atoms with Crippen LogP contribution in [-0.4, -0.2) is 28.5 Å². The first-order valence-electron chi connectivity index (χ1n) is 11.0. The van der Waals surface area contributed by atoms with Gasteiger partial charge in [0.1, 0.15) is 4.70 Å². The minimum atomic E-state index is -1.00. The molecule has 0 saturated carbocycles. The molecule has 0 aliphatic carbocycles. The van der Waals surface area contributed by atoms with Gasteiger partial charge in [-0.1, -0.05) is 30.3 Å². The van der Waals surface area contributed by atoms with Crippen molar-refractivity contribution < 1.29 is 13.6 Å². The predicted octanol–water partition coefficient (Wildman–Crippen LogP) is 4.64. The second kappa shape index (κ2) is 9.34. The van der Waals surface area contributed by atoms with E-state index < -0.39 is 11.6 Å². The largest absolute Gasteiger partial charge is 0.342 e. The number of nitrogens with zero attached hydrogens (tertiary/aromatic N) is 3. The molecule has 2 aromatic heterocycles. The van der Waals surface area contributed by atoms with Crippen LogP contribution in [0.1, 0.15) is 18.4 Å². The van der Waals surface area contributed by atoms with Gasteiger partial charge in [-0.15, -0.1) is 11.3 Å². The van der Waals surface area contributed by atoms with Crippen molar-refractivity contribution in [3.05, 3.63) is 87.5 Å².